The summed E-state index contributed by atoms with van der Waals surface area (Å²) in [7, 11) is 0. The molecule has 2 aromatic heterocycles. The molecule has 0 aromatic carbocycles. The van der Waals surface area contributed by atoms with Gasteiger partial charge in [0.25, 0.3) is 0 Å². The van der Waals surface area contributed by atoms with Crippen molar-refractivity contribution in [2.45, 2.75) is 59.0 Å². The zero-order valence-corrected chi connectivity index (χ0v) is 14.4. The van der Waals surface area contributed by atoms with E-state index in [1.165, 1.54) is 34.6 Å². The van der Waals surface area contributed by atoms with E-state index < -0.39 is 0 Å². The number of rotatable bonds is 9. The van der Waals surface area contributed by atoms with E-state index in [4.69, 9.17) is 0 Å². The molecule has 21 heavy (non-hydrogen) atoms. The van der Waals surface area contributed by atoms with Gasteiger partial charge in [0, 0.05) is 28.2 Å². The zero-order valence-electron chi connectivity index (χ0n) is 13.6. The maximum Gasteiger partial charge on any atom is 0.0563 e. The summed E-state index contributed by atoms with van der Waals surface area (Å²) in [5, 5.41) is 3.67. The predicted molar refractivity (Wildman–Crippen MR) is 93.2 cm³/mol. The molecule has 0 amide bonds. The molecular weight excluding hydrogens is 276 g/mol. The van der Waals surface area contributed by atoms with Gasteiger partial charge < -0.3 is 9.88 Å². The van der Waals surface area contributed by atoms with Gasteiger partial charge in [0.1, 0.15) is 0 Å². The van der Waals surface area contributed by atoms with E-state index in [0.29, 0.717) is 6.04 Å². The van der Waals surface area contributed by atoms with Gasteiger partial charge in [-0.2, -0.15) is 0 Å². The summed E-state index contributed by atoms with van der Waals surface area (Å²) >= 11 is 1.93. The van der Waals surface area contributed by atoms with E-state index in [0.717, 1.165) is 19.5 Å². The quantitative estimate of drug-likeness (QED) is 0.689. The molecule has 2 heterocycles. The lowest BCUT2D eigenvalue weighted by atomic mass is 10.1. The van der Waals surface area contributed by atoms with Crippen LogP contribution in [-0.2, 0) is 13.0 Å². The van der Waals surface area contributed by atoms with Crippen LogP contribution in [-0.4, -0.2) is 11.1 Å². The third-order valence-corrected chi connectivity index (χ3v) is 5.01. The first-order valence-corrected chi connectivity index (χ1v) is 9.05. The number of hydrogen-bond donors (Lipinski definition) is 1. The lowest BCUT2D eigenvalue weighted by Gasteiger charge is -2.16. The van der Waals surface area contributed by atoms with E-state index in [-0.39, 0.29) is 0 Å². The molecule has 116 valence electrons. The Labute approximate surface area is 133 Å². The Balaban J connectivity index is 2.01. The van der Waals surface area contributed by atoms with Gasteiger partial charge in [0.15, 0.2) is 0 Å². The van der Waals surface area contributed by atoms with E-state index in [1.807, 2.05) is 11.3 Å². The van der Waals surface area contributed by atoms with E-state index in [1.54, 1.807) is 0 Å². The molecule has 0 spiro atoms. The summed E-state index contributed by atoms with van der Waals surface area (Å²) in [6.07, 6.45) is 9.29. The number of aromatic nitrogens is 1. The minimum atomic E-state index is 0.505. The maximum absolute atomic E-state index is 3.67. The van der Waals surface area contributed by atoms with Gasteiger partial charge >= 0.3 is 0 Å². The highest BCUT2D eigenvalue weighted by Gasteiger charge is 2.11. The smallest absolute Gasteiger partial charge is 0.0563 e. The van der Waals surface area contributed by atoms with Crippen LogP contribution in [0.15, 0.2) is 30.6 Å². The molecule has 0 fully saturated rings. The van der Waals surface area contributed by atoms with Crippen LogP contribution in [0.1, 0.15) is 61.4 Å². The Bertz CT molecular complexity index is 527. The summed E-state index contributed by atoms with van der Waals surface area (Å²) in [5.41, 5.74) is 1.43. The third-order valence-electron chi connectivity index (χ3n) is 3.80. The topological polar surface area (TPSA) is 17.0 Å². The highest BCUT2D eigenvalue weighted by atomic mass is 32.1. The number of hydrogen-bond acceptors (Lipinski definition) is 2. The summed E-state index contributed by atoms with van der Waals surface area (Å²) in [6, 6.07) is 7.30. The minimum Gasteiger partial charge on any atom is -0.349 e. The van der Waals surface area contributed by atoms with Gasteiger partial charge in [0.2, 0.25) is 0 Å². The molecule has 0 saturated carbocycles. The average molecular weight is 305 g/mol. The number of aryl methyl sites for hydroxylation is 1. The first kappa shape index (κ1) is 16.3. The molecule has 0 saturated heterocycles. The first-order valence-electron chi connectivity index (χ1n) is 8.23. The van der Waals surface area contributed by atoms with Crippen LogP contribution in [0.2, 0.25) is 0 Å². The van der Waals surface area contributed by atoms with Gasteiger partial charge in [0.05, 0.1) is 6.54 Å². The average Bonchev–Trinajstić information content (AvgIpc) is 3.13. The monoisotopic (exact) mass is 304 g/mol. The Hall–Kier alpha value is -1.06. The lowest BCUT2D eigenvalue weighted by Crippen LogP contribution is -2.21. The SMILES string of the molecule is CCCNC(CCC)c1ccn(Cc2ccc(CC)s2)c1. The summed E-state index contributed by atoms with van der Waals surface area (Å²) in [4.78, 5) is 2.92. The predicted octanol–water partition coefficient (Wildman–Crippen LogP) is 5.00. The molecular formula is C18H28N2S. The van der Waals surface area contributed by atoms with Crippen LogP contribution >= 0.6 is 11.3 Å². The van der Waals surface area contributed by atoms with Crippen LogP contribution in [0, 0.1) is 0 Å². The van der Waals surface area contributed by atoms with Crippen LogP contribution in [0.25, 0.3) is 0 Å². The molecule has 0 bridgehead atoms. The van der Waals surface area contributed by atoms with Crippen LogP contribution in [0.5, 0.6) is 0 Å². The molecule has 0 radical (unpaired) electrons. The van der Waals surface area contributed by atoms with Crippen molar-refractivity contribution in [1.29, 1.82) is 0 Å². The highest BCUT2D eigenvalue weighted by Crippen LogP contribution is 2.22. The zero-order chi connectivity index (χ0) is 15.1. The van der Waals surface area contributed by atoms with Gasteiger partial charge in [-0.1, -0.05) is 27.2 Å². The minimum absolute atomic E-state index is 0.505. The van der Waals surface area contributed by atoms with Crippen LogP contribution in [0.3, 0.4) is 0 Å². The van der Waals surface area contributed by atoms with Crippen molar-refractivity contribution in [3.8, 4) is 0 Å². The normalized spacial score (nSPS) is 12.7. The second-order valence-corrected chi connectivity index (χ2v) is 6.89. The Morgan fingerprint density at radius 3 is 2.57 bits per heavy atom. The number of nitrogens with zero attached hydrogens (tertiary/aromatic N) is 1. The number of nitrogens with one attached hydrogen (secondary N) is 1. The molecule has 1 unspecified atom stereocenters. The lowest BCUT2D eigenvalue weighted by molar-refractivity contribution is 0.493. The molecule has 2 nitrogen and oxygen atoms in total. The molecule has 3 heteroatoms. The van der Waals surface area contributed by atoms with Crippen LogP contribution < -0.4 is 5.32 Å². The third kappa shape index (κ3) is 4.72. The van der Waals surface area contributed by atoms with Gasteiger partial charge in [-0.05, 0) is 49.6 Å². The van der Waals surface area contributed by atoms with Crippen molar-refractivity contribution in [1.82, 2.24) is 9.88 Å². The van der Waals surface area contributed by atoms with Crippen molar-refractivity contribution in [2.24, 2.45) is 0 Å². The fraction of sp³-hybridized carbons (Fsp3) is 0.556. The molecule has 0 aliphatic rings. The largest absolute Gasteiger partial charge is 0.349 e. The van der Waals surface area contributed by atoms with Crippen molar-refractivity contribution >= 4 is 11.3 Å². The Morgan fingerprint density at radius 2 is 1.90 bits per heavy atom. The fourth-order valence-electron chi connectivity index (χ4n) is 2.63. The second kappa shape index (κ2) is 8.40. The van der Waals surface area contributed by atoms with Crippen molar-refractivity contribution in [3.05, 3.63) is 45.9 Å². The first-order chi connectivity index (χ1) is 10.3. The van der Waals surface area contributed by atoms with Gasteiger partial charge in [-0.25, -0.2) is 0 Å². The van der Waals surface area contributed by atoms with Crippen molar-refractivity contribution in [2.75, 3.05) is 6.54 Å². The molecule has 1 atom stereocenters. The van der Waals surface area contributed by atoms with Gasteiger partial charge in [-0.3, -0.25) is 0 Å². The van der Waals surface area contributed by atoms with Crippen molar-refractivity contribution < 1.29 is 0 Å². The molecule has 0 aliphatic heterocycles. The van der Waals surface area contributed by atoms with E-state index in [2.05, 4.69) is 61.2 Å². The fourth-order valence-corrected chi connectivity index (χ4v) is 3.60. The summed E-state index contributed by atoms with van der Waals surface area (Å²) in [6.45, 7) is 8.80. The van der Waals surface area contributed by atoms with Gasteiger partial charge in [-0.15, -0.1) is 11.3 Å². The summed E-state index contributed by atoms with van der Waals surface area (Å²) < 4.78 is 2.32. The molecule has 2 aromatic rings. The highest BCUT2D eigenvalue weighted by molar-refractivity contribution is 7.11. The maximum atomic E-state index is 3.67. The van der Waals surface area contributed by atoms with Crippen LogP contribution in [0.4, 0.5) is 0 Å². The standard InChI is InChI=1S/C18H28N2S/c1-4-7-18(19-11-5-2)15-10-12-20(13-15)14-17-9-8-16(6-3)21-17/h8-10,12-13,18-19H,4-7,11,14H2,1-3H3. The number of thiophene rings is 1. The van der Waals surface area contributed by atoms with Crippen molar-refractivity contribution in [3.63, 3.8) is 0 Å². The second-order valence-electron chi connectivity index (χ2n) is 5.63. The Kier molecular flexibility index (Phi) is 6.52. The molecule has 1 N–H and O–H groups in total. The van der Waals surface area contributed by atoms with E-state index in [9.17, 15) is 0 Å². The summed E-state index contributed by atoms with van der Waals surface area (Å²) in [5.74, 6) is 0. The molecule has 0 aliphatic carbocycles. The van der Waals surface area contributed by atoms with E-state index >= 15 is 0 Å². The molecule has 2 rings (SSSR count). The Morgan fingerprint density at radius 1 is 1.10 bits per heavy atom.